The molecule has 1 aromatic carbocycles. The van der Waals surface area contributed by atoms with Gasteiger partial charge in [-0.1, -0.05) is 44.2 Å². The maximum atomic E-state index is 11.5. The molecule has 0 aliphatic heterocycles. The molecule has 0 saturated carbocycles. The first-order chi connectivity index (χ1) is 11.0. The molecule has 0 aliphatic carbocycles. The number of benzene rings is 1. The van der Waals surface area contributed by atoms with Crippen LogP contribution >= 0.6 is 0 Å². The standard InChI is InChI=1S/C17H24N2O4/c1-13(2)11-19-15(20)12-23-17(22)16(21)18-10-6-9-14-7-4-3-5-8-14/h3-5,7-8,13H,6,9-12H2,1-2H3,(H,18,21)(H,19,20). The summed E-state index contributed by atoms with van der Waals surface area (Å²) in [5.41, 5.74) is 1.17. The number of hydrogen-bond donors (Lipinski definition) is 2. The van der Waals surface area contributed by atoms with E-state index in [0.717, 1.165) is 12.8 Å². The van der Waals surface area contributed by atoms with Crippen molar-refractivity contribution in [3.8, 4) is 0 Å². The Bertz CT molecular complexity index is 515. The van der Waals surface area contributed by atoms with Gasteiger partial charge in [0.15, 0.2) is 6.61 Å². The first-order valence-corrected chi connectivity index (χ1v) is 7.74. The zero-order valence-electron chi connectivity index (χ0n) is 13.6. The lowest BCUT2D eigenvalue weighted by Gasteiger charge is -2.08. The van der Waals surface area contributed by atoms with Gasteiger partial charge in [0.1, 0.15) is 0 Å². The van der Waals surface area contributed by atoms with Gasteiger partial charge in [0.05, 0.1) is 0 Å². The van der Waals surface area contributed by atoms with Crippen molar-refractivity contribution in [2.24, 2.45) is 5.92 Å². The maximum Gasteiger partial charge on any atom is 0.397 e. The summed E-state index contributed by atoms with van der Waals surface area (Å²) < 4.78 is 4.65. The highest BCUT2D eigenvalue weighted by Crippen LogP contribution is 2.01. The van der Waals surface area contributed by atoms with Gasteiger partial charge in [-0.3, -0.25) is 9.59 Å². The number of hydrogen-bond acceptors (Lipinski definition) is 4. The van der Waals surface area contributed by atoms with Crippen molar-refractivity contribution in [3.05, 3.63) is 35.9 Å². The fourth-order valence-electron chi connectivity index (χ4n) is 1.78. The highest BCUT2D eigenvalue weighted by molar-refractivity contribution is 6.32. The van der Waals surface area contributed by atoms with Crippen molar-refractivity contribution >= 4 is 17.8 Å². The Hall–Kier alpha value is -2.37. The molecule has 0 bridgehead atoms. The molecule has 0 aromatic heterocycles. The highest BCUT2D eigenvalue weighted by Gasteiger charge is 2.16. The molecule has 0 aliphatic rings. The van der Waals surface area contributed by atoms with Crippen molar-refractivity contribution < 1.29 is 19.1 Å². The van der Waals surface area contributed by atoms with E-state index < -0.39 is 24.4 Å². The van der Waals surface area contributed by atoms with Gasteiger partial charge in [-0.25, -0.2) is 4.79 Å². The van der Waals surface area contributed by atoms with Crippen LogP contribution in [0.1, 0.15) is 25.8 Å². The fourth-order valence-corrected chi connectivity index (χ4v) is 1.78. The molecular formula is C17H24N2O4. The smallest absolute Gasteiger partial charge is 0.397 e. The third-order valence-corrected chi connectivity index (χ3v) is 3.00. The Morgan fingerprint density at radius 3 is 2.43 bits per heavy atom. The highest BCUT2D eigenvalue weighted by atomic mass is 16.5. The third-order valence-electron chi connectivity index (χ3n) is 3.00. The number of aryl methyl sites for hydroxylation is 1. The molecule has 0 atom stereocenters. The van der Waals surface area contributed by atoms with Crippen LogP contribution in [0, 0.1) is 5.92 Å². The van der Waals surface area contributed by atoms with Crippen LogP contribution in [0.4, 0.5) is 0 Å². The summed E-state index contributed by atoms with van der Waals surface area (Å²) in [6.45, 7) is 4.35. The zero-order chi connectivity index (χ0) is 17.1. The van der Waals surface area contributed by atoms with Crippen molar-refractivity contribution in [2.75, 3.05) is 19.7 Å². The number of carbonyl (C=O) groups is 3. The molecule has 126 valence electrons. The van der Waals surface area contributed by atoms with Crippen LogP contribution in [-0.4, -0.2) is 37.5 Å². The summed E-state index contributed by atoms with van der Waals surface area (Å²) in [6, 6.07) is 9.86. The van der Waals surface area contributed by atoms with Crippen molar-refractivity contribution in [1.29, 1.82) is 0 Å². The topological polar surface area (TPSA) is 84.5 Å². The molecule has 6 heteroatoms. The SMILES string of the molecule is CC(C)CNC(=O)COC(=O)C(=O)NCCCc1ccccc1. The second-order valence-corrected chi connectivity index (χ2v) is 5.62. The largest absolute Gasteiger partial charge is 0.448 e. The fraction of sp³-hybridized carbons (Fsp3) is 0.471. The molecule has 6 nitrogen and oxygen atoms in total. The van der Waals surface area contributed by atoms with E-state index in [4.69, 9.17) is 0 Å². The van der Waals surface area contributed by atoms with Crippen LogP contribution in [0.2, 0.25) is 0 Å². The lowest BCUT2D eigenvalue weighted by molar-refractivity contribution is -0.157. The van der Waals surface area contributed by atoms with Crippen LogP contribution < -0.4 is 10.6 Å². The van der Waals surface area contributed by atoms with Crippen LogP contribution in [0.5, 0.6) is 0 Å². The first kappa shape index (κ1) is 18.7. The van der Waals surface area contributed by atoms with Gasteiger partial charge >= 0.3 is 11.9 Å². The van der Waals surface area contributed by atoms with E-state index >= 15 is 0 Å². The van der Waals surface area contributed by atoms with E-state index in [9.17, 15) is 14.4 Å². The summed E-state index contributed by atoms with van der Waals surface area (Å²) in [6.07, 6.45) is 1.53. The van der Waals surface area contributed by atoms with E-state index in [0.29, 0.717) is 19.0 Å². The molecule has 0 heterocycles. The lowest BCUT2D eigenvalue weighted by Crippen LogP contribution is -2.37. The van der Waals surface area contributed by atoms with Crippen LogP contribution in [-0.2, 0) is 25.5 Å². The van der Waals surface area contributed by atoms with Crippen LogP contribution in [0.25, 0.3) is 0 Å². The second kappa shape index (κ2) is 10.4. The average molecular weight is 320 g/mol. The minimum absolute atomic E-state index is 0.308. The van der Waals surface area contributed by atoms with E-state index in [1.807, 2.05) is 44.2 Å². The first-order valence-electron chi connectivity index (χ1n) is 7.74. The van der Waals surface area contributed by atoms with Crippen molar-refractivity contribution in [1.82, 2.24) is 10.6 Å². The minimum Gasteiger partial charge on any atom is -0.448 e. The summed E-state index contributed by atoms with van der Waals surface area (Å²) >= 11 is 0. The van der Waals surface area contributed by atoms with Gasteiger partial charge in [0, 0.05) is 13.1 Å². The van der Waals surface area contributed by atoms with Crippen molar-refractivity contribution in [3.63, 3.8) is 0 Å². The van der Waals surface area contributed by atoms with Gasteiger partial charge < -0.3 is 15.4 Å². The molecule has 0 fully saturated rings. The maximum absolute atomic E-state index is 11.5. The molecule has 2 N–H and O–H groups in total. The average Bonchev–Trinajstić information content (AvgIpc) is 2.55. The Labute approximate surface area is 136 Å². The quantitative estimate of drug-likeness (QED) is 0.426. The van der Waals surface area contributed by atoms with E-state index in [1.54, 1.807) is 0 Å². The number of carbonyl (C=O) groups excluding carboxylic acids is 3. The number of nitrogens with one attached hydrogen (secondary N) is 2. The molecule has 0 radical (unpaired) electrons. The molecule has 0 saturated heterocycles. The summed E-state index contributed by atoms with van der Waals surface area (Å²) in [4.78, 5) is 34.3. The minimum atomic E-state index is -1.04. The summed E-state index contributed by atoms with van der Waals surface area (Å²) in [5.74, 6) is -1.97. The Morgan fingerprint density at radius 1 is 1.09 bits per heavy atom. The molecule has 1 aromatic rings. The van der Waals surface area contributed by atoms with E-state index in [2.05, 4.69) is 15.4 Å². The van der Waals surface area contributed by atoms with Crippen molar-refractivity contribution in [2.45, 2.75) is 26.7 Å². The van der Waals surface area contributed by atoms with Gasteiger partial charge in [-0.15, -0.1) is 0 Å². The lowest BCUT2D eigenvalue weighted by atomic mass is 10.1. The Balaban J connectivity index is 2.14. The Morgan fingerprint density at radius 2 is 1.78 bits per heavy atom. The van der Waals surface area contributed by atoms with E-state index in [1.165, 1.54) is 5.56 Å². The number of amides is 2. The van der Waals surface area contributed by atoms with Gasteiger partial charge in [-0.05, 0) is 24.3 Å². The molecule has 2 amide bonds. The number of esters is 1. The summed E-state index contributed by atoms with van der Waals surface area (Å²) in [5, 5.41) is 5.08. The normalized spacial score (nSPS) is 10.2. The molecular weight excluding hydrogens is 296 g/mol. The van der Waals surface area contributed by atoms with Gasteiger partial charge in [-0.2, -0.15) is 0 Å². The predicted octanol–water partition coefficient (Wildman–Crippen LogP) is 1.05. The van der Waals surface area contributed by atoms with Crippen LogP contribution in [0.3, 0.4) is 0 Å². The molecule has 1 rings (SSSR count). The van der Waals surface area contributed by atoms with Gasteiger partial charge in [0.2, 0.25) is 0 Å². The monoisotopic (exact) mass is 320 g/mol. The van der Waals surface area contributed by atoms with Gasteiger partial charge in [0.25, 0.3) is 5.91 Å². The van der Waals surface area contributed by atoms with E-state index in [-0.39, 0.29) is 0 Å². The van der Waals surface area contributed by atoms with Crippen LogP contribution in [0.15, 0.2) is 30.3 Å². The summed E-state index contributed by atoms with van der Waals surface area (Å²) in [7, 11) is 0. The number of ether oxygens (including phenoxy) is 1. The Kier molecular flexibility index (Phi) is 8.42. The molecule has 0 unspecified atom stereocenters. The third kappa shape index (κ3) is 8.60. The molecule has 23 heavy (non-hydrogen) atoms. The number of rotatable bonds is 8. The zero-order valence-corrected chi connectivity index (χ0v) is 13.6. The predicted molar refractivity (Wildman–Crippen MR) is 86.6 cm³/mol. The second-order valence-electron chi connectivity index (χ2n) is 5.62. The molecule has 0 spiro atoms.